The zero-order chi connectivity index (χ0) is 19.8. The number of ether oxygens (including phenoxy) is 2. The Morgan fingerprint density at radius 1 is 1.11 bits per heavy atom. The summed E-state index contributed by atoms with van der Waals surface area (Å²) in [5.74, 6) is 0.865. The summed E-state index contributed by atoms with van der Waals surface area (Å²) in [6.07, 6.45) is 1.01. The van der Waals surface area contributed by atoms with Gasteiger partial charge in [-0.25, -0.2) is 0 Å². The molecule has 0 spiro atoms. The predicted molar refractivity (Wildman–Crippen MR) is 105 cm³/mol. The minimum Gasteiger partial charge on any atom is -0.487 e. The second kappa shape index (κ2) is 9.19. The lowest BCUT2D eigenvalue weighted by molar-refractivity contribution is -0.122. The first-order chi connectivity index (χ1) is 13.6. The Kier molecular flexibility index (Phi) is 6.21. The minimum absolute atomic E-state index is 0.286. The lowest BCUT2D eigenvalue weighted by atomic mass is 10.2. The van der Waals surface area contributed by atoms with Crippen molar-refractivity contribution in [1.29, 1.82) is 5.26 Å². The normalized spacial score (nSPS) is 11.1. The number of pyridine rings is 1. The average Bonchev–Trinajstić information content (AvgIpc) is 2.74. The van der Waals surface area contributed by atoms with E-state index in [1.54, 1.807) is 55.6 Å². The third kappa shape index (κ3) is 5.32. The number of nitrogens with zero attached hydrogens (tertiary/aromatic N) is 2. The molecule has 1 N–H and O–H groups in total. The maximum absolute atomic E-state index is 12.4. The van der Waals surface area contributed by atoms with Crippen LogP contribution in [0.3, 0.4) is 0 Å². The Balaban J connectivity index is 1.56. The van der Waals surface area contributed by atoms with Crippen molar-refractivity contribution in [2.45, 2.75) is 19.6 Å². The van der Waals surface area contributed by atoms with Crippen molar-refractivity contribution in [3.63, 3.8) is 0 Å². The van der Waals surface area contributed by atoms with E-state index in [-0.39, 0.29) is 5.91 Å². The van der Waals surface area contributed by atoms with Crippen LogP contribution in [-0.4, -0.2) is 17.0 Å². The van der Waals surface area contributed by atoms with Gasteiger partial charge in [-0.1, -0.05) is 12.1 Å². The number of benzene rings is 2. The lowest BCUT2D eigenvalue weighted by Crippen LogP contribution is -2.30. The Labute approximate surface area is 163 Å². The molecule has 3 rings (SSSR count). The fourth-order valence-corrected chi connectivity index (χ4v) is 2.41. The quantitative estimate of drug-likeness (QED) is 0.678. The van der Waals surface area contributed by atoms with E-state index >= 15 is 0 Å². The molecule has 1 heterocycles. The van der Waals surface area contributed by atoms with E-state index in [0.717, 1.165) is 5.69 Å². The molecule has 0 saturated carbocycles. The van der Waals surface area contributed by atoms with E-state index in [2.05, 4.69) is 10.3 Å². The Morgan fingerprint density at radius 3 is 2.64 bits per heavy atom. The number of aromatic nitrogens is 1. The van der Waals surface area contributed by atoms with Gasteiger partial charge >= 0.3 is 0 Å². The first-order valence-corrected chi connectivity index (χ1v) is 8.74. The number of anilines is 1. The van der Waals surface area contributed by atoms with Gasteiger partial charge in [0.15, 0.2) is 6.10 Å². The highest BCUT2D eigenvalue weighted by molar-refractivity contribution is 5.94. The summed E-state index contributed by atoms with van der Waals surface area (Å²) < 4.78 is 11.3. The van der Waals surface area contributed by atoms with E-state index in [1.807, 2.05) is 30.3 Å². The molecule has 0 radical (unpaired) electrons. The van der Waals surface area contributed by atoms with Gasteiger partial charge in [-0.2, -0.15) is 5.26 Å². The maximum Gasteiger partial charge on any atom is 0.265 e. The maximum atomic E-state index is 12.4. The number of hydrogen-bond acceptors (Lipinski definition) is 5. The van der Waals surface area contributed by atoms with Crippen LogP contribution in [0.25, 0.3) is 0 Å². The minimum atomic E-state index is -0.703. The molecule has 2 aromatic carbocycles. The zero-order valence-corrected chi connectivity index (χ0v) is 15.3. The number of amides is 1. The standard InChI is InChI=1S/C22H19N3O3/c1-16(28-20-10-8-17(14-23)9-11-20)22(26)25-18-6-4-7-21(13-18)27-15-19-5-2-3-12-24-19/h2-13,16H,15H2,1H3,(H,25,26). The first kappa shape index (κ1) is 18.9. The van der Waals surface area contributed by atoms with Crippen LogP contribution in [0.5, 0.6) is 11.5 Å². The van der Waals surface area contributed by atoms with Crippen LogP contribution in [0.4, 0.5) is 5.69 Å². The van der Waals surface area contributed by atoms with Crippen LogP contribution < -0.4 is 14.8 Å². The van der Waals surface area contributed by atoms with Crippen molar-refractivity contribution in [1.82, 2.24) is 4.98 Å². The highest BCUT2D eigenvalue weighted by atomic mass is 16.5. The molecule has 0 fully saturated rings. The van der Waals surface area contributed by atoms with Crippen molar-refractivity contribution in [2.24, 2.45) is 0 Å². The Hall–Kier alpha value is -3.85. The SMILES string of the molecule is CC(Oc1ccc(C#N)cc1)C(=O)Nc1cccc(OCc2ccccn2)c1. The van der Waals surface area contributed by atoms with E-state index < -0.39 is 6.10 Å². The molecule has 0 aliphatic carbocycles. The summed E-state index contributed by atoms with van der Waals surface area (Å²) in [5, 5.41) is 11.6. The fraction of sp³-hybridized carbons (Fsp3) is 0.136. The summed E-state index contributed by atoms with van der Waals surface area (Å²) in [6.45, 7) is 2.01. The highest BCUT2D eigenvalue weighted by Gasteiger charge is 2.15. The average molecular weight is 373 g/mol. The van der Waals surface area contributed by atoms with Gasteiger partial charge < -0.3 is 14.8 Å². The summed E-state index contributed by atoms with van der Waals surface area (Å²) in [4.78, 5) is 16.6. The van der Waals surface area contributed by atoms with Crippen LogP contribution in [0, 0.1) is 11.3 Å². The molecular formula is C22H19N3O3. The summed E-state index contributed by atoms with van der Waals surface area (Å²) in [7, 11) is 0. The van der Waals surface area contributed by atoms with Crippen LogP contribution >= 0.6 is 0 Å². The molecule has 0 saturated heterocycles. The summed E-state index contributed by atoms with van der Waals surface area (Å²) >= 11 is 0. The monoisotopic (exact) mass is 373 g/mol. The Morgan fingerprint density at radius 2 is 1.93 bits per heavy atom. The molecular weight excluding hydrogens is 354 g/mol. The number of hydrogen-bond donors (Lipinski definition) is 1. The third-order valence-electron chi connectivity index (χ3n) is 3.88. The van der Waals surface area contributed by atoms with Crippen molar-refractivity contribution in [3.8, 4) is 17.6 Å². The topological polar surface area (TPSA) is 84.2 Å². The van der Waals surface area contributed by atoms with E-state index in [9.17, 15) is 4.79 Å². The number of nitriles is 1. The third-order valence-corrected chi connectivity index (χ3v) is 3.88. The van der Waals surface area contributed by atoms with E-state index in [0.29, 0.717) is 29.4 Å². The molecule has 1 amide bonds. The molecule has 0 aliphatic rings. The van der Waals surface area contributed by atoms with Gasteiger partial charge in [-0.15, -0.1) is 0 Å². The second-order valence-corrected chi connectivity index (χ2v) is 6.02. The molecule has 6 nitrogen and oxygen atoms in total. The molecule has 6 heteroatoms. The van der Waals surface area contributed by atoms with Gasteiger partial charge in [0.2, 0.25) is 0 Å². The number of nitrogens with one attached hydrogen (secondary N) is 1. The smallest absolute Gasteiger partial charge is 0.265 e. The molecule has 0 bridgehead atoms. The highest BCUT2D eigenvalue weighted by Crippen LogP contribution is 2.19. The first-order valence-electron chi connectivity index (χ1n) is 8.74. The van der Waals surface area contributed by atoms with Gasteiger partial charge in [0, 0.05) is 18.0 Å². The fourth-order valence-electron chi connectivity index (χ4n) is 2.41. The largest absolute Gasteiger partial charge is 0.487 e. The van der Waals surface area contributed by atoms with Gasteiger partial charge in [-0.05, 0) is 55.5 Å². The number of carbonyl (C=O) groups excluding carboxylic acids is 1. The molecule has 3 aromatic rings. The van der Waals surface area contributed by atoms with Crippen LogP contribution in [-0.2, 0) is 11.4 Å². The number of rotatable bonds is 7. The van der Waals surface area contributed by atoms with Crippen molar-refractivity contribution in [3.05, 3.63) is 84.2 Å². The molecule has 1 aromatic heterocycles. The summed E-state index contributed by atoms with van der Waals surface area (Å²) in [5.41, 5.74) is 1.96. The van der Waals surface area contributed by atoms with Crippen LogP contribution in [0.1, 0.15) is 18.2 Å². The molecule has 1 atom stereocenters. The van der Waals surface area contributed by atoms with Crippen molar-refractivity contribution >= 4 is 11.6 Å². The predicted octanol–water partition coefficient (Wildman–Crippen LogP) is 3.94. The molecule has 140 valence electrons. The van der Waals surface area contributed by atoms with Gasteiger partial charge in [0.05, 0.1) is 17.3 Å². The van der Waals surface area contributed by atoms with Crippen molar-refractivity contribution < 1.29 is 14.3 Å². The molecule has 0 aliphatic heterocycles. The zero-order valence-electron chi connectivity index (χ0n) is 15.3. The summed E-state index contributed by atoms with van der Waals surface area (Å²) in [6, 6.07) is 21.4. The van der Waals surface area contributed by atoms with E-state index in [4.69, 9.17) is 14.7 Å². The molecule has 1 unspecified atom stereocenters. The van der Waals surface area contributed by atoms with Crippen LogP contribution in [0.2, 0.25) is 0 Å². The Bertz CT molecular complexity index is 966. The van der Waals surface area contributed by atoms with Gasteiger partial charge in [-0.3, -0.25) is 9.78 Å². The van der Waals surface area contributed by atoms with Crippen molar-refractivity contribution in [2.75, 3.05) is 5.32 Å². The second-order valence-electron chi connectivity index (χ2n) is 6.02. The number of carbonyl (C=O) groups is 1. The van der Waals surface area contributed by atoms with E-state index in [1.165, 1.54) is 0 Å². The lowest BCUT2D eigenvalue weighted by Gasteiger charge is -2.15. The molecule has 28 heavy (non-hydrogen) atoms. The van der Waals surface area contributed by atoms with Gasteiger partial charge in [0.1, 0.15) is 18.1 Å². The van der Waals surface area contributed by atoms with Gasteiger partial charge in [0.25, 0.3) is 5.91 Å². The van der Waals surface area contributed by atoms with Crippen LogP contribution in [0.15, 0.2) is 72.9 Å².